The van der Waals surface area contributed by atoms with E-state index in [4.69, 9.17) is 0 Å². The smallest absolute Gasteiger partial charge is 0.161 e. The van der Waals surface area contributed by atoms with E-state index in [9.17, 15) is 0 Å². The van der Waals surface area contributed by atoms with Crippen LogP contribution in [0.15, 0.2) is 9.03 Å². The van der Waals surface area contributed by atoms with Crippen LogP contribution in [0.3, 0.4) is 0 Å². The normalized spacial score (nSPS) is 28.7. The maximum absolute atomic E-state index is 4.01. The molecule has 0 spiro atoms. The lowest BCUT2D eigenvalue weighted by molar-refractivity contribution is 1.13. The first kappa shape index (κ1) is 5.72. The van der Waals surface area contributed by atoms with Crippen molar-refractivity contribution in [3.05, 3.63) is 0 Å². The van der Waals surface area contributed by atoms with Gasteiger partial charge in [0.05, 0.1) is 0 Å². The van der Waals surface area contributed by atoms with Gasteiger partial charge in [0.1, 0.15) is 7.05 Å². The van der Waals surface area contributed by atoms with Crippen LogP contribution in [0.25, 0.3) is 0 Å². The van der Waals surface area contributed by atoms with Crippen LogP contribution in [0.4, 0.5) is 0 Å². The fourth-order valence-electron chi connectivity index (χ4n) is 0.203. The van der Waals surface area contributed by atoms with E-state index in [2.05, 4.69) is 13.5 Å². The first-order valence-electron chi connectivity index (χ1n) is 1.69. The van der Waals surface area contributed by atoms with Gasteiger partial charge in [-0.2, -0.15) is 4.52 Å². The molecular weight excluding hydrogens is 147 g/mol. The first-order valence-corrected chi connectivity index (χ1v) is 4.19. The molecule has 0 amide bonds. The molecule has 1 heterocycles. The van der Waals surface area contributed by atoms with Crippen LogP contribution < -0.4 is 4.44 Å². The molecule has 3 nitrogen and oxygen atoms in total. The van der Waals surface area contributed by atoms with Crippen molar-refractivity contribution in [2.24, 2.45) is 9.03 Å². The molecule has 1 aliphatic heterocycles. The molecule has 0 aromatic rings. The van der Waals surface area contributed by atoms with Gasteiger partial charge in [-0.15, -0.1) is 4.52 Å². The topological polar surface area (TPSA) is 30.6 Å². The fraction of sp³-hybridized carbons (Fsp3) is 1.00. The van der Waals surface area contributed by atoms with E-state index in [0.717, 1.165) is 17.0 Å². The molecule has 1 rings (SSSR count). The van der Waals surface area contributed by atoms with Gasteiger partial charge in [0.25, 0.3) is 8.88 Å². The molecule has 0 saturated carbocycles. The van der Waals surface area contributed by atoms with Crippen LogP contribution in [0.1, 0.15) is 0 Å². The summed E-state index contributed by atoms with van der Waals surface area (Å²) in [6.07, 6.45) is 0. The van der Waals surface area contributed by atoms with Gasteiger partial charge in [-0.1, -0.05) is 4.44 Å². The molecule has 0 bridgehead atoms. The Kier molecular flexibility index (Phi) is 2.28. The summed E-state index contributed by atoms with van der Waals surface area (Å²) in [5.74, 6) is 0. The molecule has 0 aromatic heterocycles. The predicted molar refractivity (Wildman–Crippen MR) is 35.1 cm³/mol. The third kappa shape index (κ3) is 1.88. The number of hydrogen-bond donors (Lipinski definition) is 0. The summed E-state index contributed by atoms with van der Waals surface area (Å²) >= 11 is 0. The quantitative estimate of drug-likeness (QED) is 0.476. The summed E-state index contributed by atoms with van der Waals surface area (Å²) in [4.78, 5) is 0. The lowest BCUT2D eigenvalue weighted by Crippen LogP contribution is -1.92. The van der Waals surface area contributed by atoms with E-state index in [1.165, 1.54) is 0 Å². The predicted octanol–water partition coefficient (Wildman–Crippen LogP) is 2.37. The summed E-state index contributed by atoms with van der Waals surface area (Å²) in [5.41, 5.74) is 0. The van der Waals surface area contributed by atoms with Gasteiger partial charge in [-0.05, 0) is 0 Å². The zero-order valence-corrected chi connectivity index (χ0v) is 6.52. The van der Waals surface area contributed by atoms with Crippen molar-refractivity contribution in [3.63, 3.8) is 0 Å². The third-order valence-corrected chi connectivity index (χ3v) is 2.90. The molecule has 0 saturated heterocycles. The largest absolute Gasteiger partial charge is 0.345 e. The second-order valence-electron chi connectivity index (χ2n) is 0.992. The molecule has 7 heavy (non-hydrogen) atoms. The minimum absolute atomic E-state index is 0.615. The average molecular weight is 151 g/mol. The van der Waals surface area contributed by atoms with E-state index in [-0.39, 0.29) is 0 Å². The summed E-state index contributed by atoms with van der Waals surface area (Å²) in [6.45, 7) is 0. The van der Waals surface area contributed by atoms with Crippen LogP contribution in [0.5, 0.6) is 0 Å². The van der Waals surface area contributed by atoms with Crippen molar-refractivity contribution in [3.8, 4) is 0 Å². The lowest BCUT2D eigenvalue weighted by atomic mass is 11.6. The summed E-state index contributed by atoms with van der Waals surface area (Å²) in [6, 6.07) is 0. The van der Waals surface area contributed by atoms with Crippen molar-refractivity contribution in [1.82, 2.24) is 4.44 Å². The van der Waals surface area contributed by atoms with Gasteiger partial charge in [-0.25, -0.2) is 0 Å². The molecule has 0 fully saturated rings. The van der Waals surface area contributed by atoms with Gasteiger partial charge in [0.2, 0.25) is 0 Å². The van der Waals surface area contributed by atoms with Crippen LogP contribution >= 0.6 is 25.9 Å². The molecule has 1 radical (unpaired) electrons. The zero-order chi connectivity index (χ0) is 5.11. The molecule has 0 aromatic carbocycles. The van der Waals surface area contributed by atoms with E-state index < -0.39 is 0 Å². The Bertz CT molecular complexity index is 109. The number of rotatable bonds is 0. The van der Waals surface area contributed by atoms with Crippen molar-refractivity contribution >= 4 is 25.9 Å². The number of nitrogens with zero attached hydrogens (tertiary/aromatic N) is 3. The highest BCUT2D eigenvalue weighted by molar-refractivity contribution is 7.57. The Balaban J connectivity index is 2.49. The minimum atomic E-state index is 0.615. The minimum Gasteiger partial charge on any atom is -0.161 e. The van der Waals surface area contributed by atoms with E-state index in [1.54, 1.807) is 0 Å². The van der Waals surface area contributed by atoms with E-state index in [0.29, 0.717) is 8.88 Å². The van der Waals surface area contributed by atoms with Gasteiger partial charge < -0.3 is 0 Å². The second kappa shape index (κ2) is 2.79. The van der Waals surface area contributed by atoms with Crippen molar-refractivity contribution < 1.29 is 0 Å². The van der Waals surface area contributed by atoms with E-state index >= 15 is 0 Å². The second-order valence-corrected chi connectivity index (χ2v) is 4.71. The highest BCUT2D eigenvalue weighted by Crippen LogP contribution is 2.33. The molecule has 0 aliphatic carbocycles. The fourth-order valence-corrected chi connectivity index (χ4v) is 2.90. The van der Waals surface area contributed by atoms with Crippen molar-refractivity contribution in [2.75, 3.05) is 7.05 Å². The van der Waals surface area contributed by atoms with Gasteiger partial charge in [0, 0.05) is 0 Å². The summed E-state index contributed by atoms with van der Waals surface area (Å²) in [7, 11) is 4.58. The molecule has 37 valence electrons. The Labute approximate surface area is 47.3 Å². The highest BCUT2D eigenvalue weighted by atomic mass is 31.2. The van der Waals surface area contributed by atoms with Crippen LogP contribution in [-0.4, -0.2) is 7.05 Å². The first-order chi connectivity index (χ1) is 3.39. The molecule has 1 atom stereocenters. The maximum atomic E-state index is 4.01. The van der Waals surface area contributed by atoms with Crippen molar-refractivity contribution in [1.29, 1.82) is 0 Å². The van der Waals surface area contributed by atoms with Gasteiger partial charge >= 0.3 is 8.52 Å². The SMILES string of the molecule is C[N+]1P=NP=NP1. The number of hydrogen-bond acceptors (Lipinski definition) is 3. The molecule has 0 N–H and O–H groups in total. The van der Waals surface area contributed by atoms with Crippen LogP contribution in [-0.2, 0) is 0 Å². The Morgan fingerprint density at radius 2 is 2.57 bits per heavy atom. The van der Waals surface area contributed by atoms with Gasteiger partial charge in [0.15, 0.2) is 8.52 Å². The van der Waals surface area contributed by atoms with E-state index in [1.807, 2.05) is 7.05 Å². The Morgan fingerprint density at radius 3 is 2.86 bits per heavy atom. The van der Waals surface area contributed by atoms with Crippen LogP contribution in [0, 0.1) is 0 Å². The van der Waals surface area contributed by atoms with Crippen molar-refractivity contribution in [2.45, 2.75) is 0 Å². The average Bonchev–Trinajstić information content (AvgIpc) is 1.69. The molecule has 1 unspecified atom stereocenters. The van der Waals surface area contributed by atoms with Gasteiger partial charge in [-0.3, -0.25) is 0 Å². The standard InChI is InChI=1S/CH4N3P3/c1-4-6-2-5-3-7-4/h6H,1H3/q+1. The van der Waals surface area contributed by atoms with Crippen LogP contribution in [0.2, 0.25) is 0 Å². The Hall–Kier alpha value is 0.590. The zero-order valence-electron chi connectivity index (χ0n) is 3.74. The molecule has 1 aliphatic rings. The Morgan fingerprint density at radius 1 is 1.71 bits per heavy atom. The lowest BCUT2D eigenvalue weighted by Gasteiger charge is -1.90. The summed E-state index contributed by atoms with van der Waals surface area (Å²) in [5, 5.41) is 0. The molecular formula is CH4N3P3+. The monoisotopic (exact) mass is 151 g/mol. The summed E-state index contributed by atoms with van der Waals surface area (Å²) < 4.78 is 10.0. The highest BCUT2D eigenvalue weighted by Gasteiger charge is 2.07. The maximum Gasteiger partial charge on any atom is 0.345 e. The third-order valence-electron chi connectivity index (χ3n) is 0.448. The molecule has 6 heteroatoms.